The Hall–Kier alpha value is -2.33. The molecule has 1 N–H and O–H groups in total. The van der Waals surface area contributed by atoms with Crippen molar-refractivity contribution in [3.05, 3.63) is 64.3 Å². The van der Waals surface area contributed by atoms with Crippen LogP contribution in [-0.4, -0.2) is 23.1 Å². The zero-order valence-corrected chi connectivity index (χ0v) is 15.2. The van der Waals surface area contributed by atoms with E-state index in [2.05, 4.69) is 12.1 Å². The molecule has 4 nitrogen and oxygen atoms in total. The van der Waals surface area contributed by atoms with Gasteiger partial charge in [-0.05, 0) is 56.0 Å². The number of ketones is 1. The van der Waals surface area contributed by atoms with Crippen molar-refractivity contribution in [3.63, 3.8) is 0 Å². The predicted octanol–water partition coefficient (Wildman–Crippen LogP) is 4.24. The van der Waals surface area contributed by atoms with Crippen molar-refractivity contribution in [1.29, 1.82) is 0 Å². The van der Waals surface area contributed by atoms with Gasteiger partial charge in [0.15, 0.2) is 5.78 Å². The minimum absolute atomic E-state index is 0.0351. The molecule has 2 aromatic rings. The Bertz CT molecular complexity index is 914. The number of Topliss-reactive ketones (excluding diaryl/α,β-unsaturated/α-hetero) is 1. The molecule has 5 rings (SSSR count). The van der Waals surface area contributed by atoms with Crippen LogP contribution in [0.2, 0.25) is 0 Å². The Morgan fingerprint density at radius 2 is 1.85 bits per heavy atom. The SMILES string of the molecule is Cc1cc(C)c(C2=C(O)[C@@H]3[C@@H]4OC(C[C@H]4c4ccco4)[C@@H]3C2=O)c(C)c1. The predicted molar refractivity (Wildman–Crippen MR) is 96.9 cm³/mol. The van der Waals surface area contributed by atoms with E-state index in [1.54, 1.807) is 6.26 Å². The third kappa shape index (κ3) is 1.96. The Kier molecular flexibility index (Phi) is 3.26. The van der Waals surface area contributed by atoms with Crippen LogP contribution in [0.15, 0.2) is 40.7 Å². The van der Waals surface area contributed by atoms with Gasteiger partial charge >= 0.3 is 0 Å². The number of furan rings is 1. The van der Waals surface area contributed by atoms with Gasteiger partial charge in [0.25, 0.3) is 0 Å². The van der Waals surface area contributed by atoms with Crippen molar-refractivity contribution in [3.8, 4) is 0 Å². The number of rotatable bonds is 2. The van der Waals surface area contributed by atoms with E-state index in [4.69, 9.17) is 9.15 Å². The first-order valence-corrected chi connectivity index (χ1v) is 9.21. The third-order valence-corrected chi connectivity index (χ3v) is 6.31. The highest BCUT2D eigenvalue weighted by atomic mass is 16.5. The van der Waals surface area contributed by atoms with Crippen molar-refractivity contribution < 1.29 is 19.1 Å². The number of benzene rings is 1. The smallest absolute Gasteiger partial charge is 0.173 e. The standard InChI is InChI=1S/C22H22O4/c1-10-7-11(2)16(12(3)8-10)18-20(23)17-15-9-13(14-5-4-6-25-14)22(26-15)19(17)21(18)24/h4-8,13,15,17,19,22,24H,9H2,1-3H3/t13-,15?,17-,19+,22+/m0/s1. The molecule has 1 aromatic heterocycles. The van der Waals surface area contributed by atoms with E-state index in [1.165, 1.54) is 0 Å². The summed E-state index contributed by atoms with van der Waals surface area (Å²) in [5.74, 6) is 0.706. The lowest BCUT2D eigenvalue weighted by atomic mass is 9.74. The van der Waals surface area contributed by atoms with E-state index in [9.17, 15) is 9.90 Å². The van der Waals surface area contributed by atoms with Gasteiger partial charge in [0.1, 0.15) is 11.5 Å². The van der Waals surface area contributed by atoms with Crippen LogP contribution in [0.5, 0.6) is 0 Å². The number of aliphatic hydroxyl groups is 1. The molecule has 2 aliphatic heterocycles. The van der Waals surface area contributed by atoms with Crippen LogP contribution in [-0.2, 0) is 9.53 Å². The maximum Gasteiger partial charge on any atom is 0.173 e. The second-order valence-electron chi connectivity index (χ2n) is 7.95. The average Bonchev–Trinajstić information content (AvgIpc) is 3.33. The van der Waals surface area contributed by atoms with Crippen LogP contribution >= 0.6 is 0 Å². The molecular weight excluding hydrogens is 328 g/mol. The molecule has 4 heteroatoms. The largest absolute Gasteiger partial charge is 0.511 e. The Morgan fingerprint density at radius 3 is 2.50 bits per heavy atom. The molecule has 0 saturated carbocycles. The summed E-state index contributed by atoms with van der Waals surface area (Å²) in [6.07, 6.45) is 2.11. The first kappa shape index (κ1) is 15.9. The van der Waals surface area contributed by atoms with E-state index in [-0.39, 0.29) is 41.5 Å². The van der Waals surface area contributed by atoms with Crippen molar-refractivity contribution in [1.82, 2.24) is 0 Å². The number of fused-ring (bicyclic) bond motifs is 5. The second kappa shape index (κ2) is 5.34. The van der Waals surface area contributed by atoms with Gasteiger partial charge in [-0.2, -0.15) is 0 Å². The number of hydrogen-bond acceptors (Lipinski definition) is 4. The average molecular weight is 350 g/mol. The molecule has 26 heavy (non-hydrogen) atoms. The molecule has 2 fully saturated rings. The van der Waals surface area contributed by atoms with Gasteiger partial charge in [0.05, 0.1) is 35.9 Å². The molecule has 1 aromatic carbocycles. The second-order valence-corrected chi connectivity index (χ2v) is 7.95. The number of aliphatic hydroxyl groups excluding tert-OH is 1. The minimum atomic E-state index is -0.263. The molecule has 0 spiro atoms. The topological polar surface area (TPSA) is 59.7 Å². The van der Waals surface area contributed by atoms with Gasteiger partial charge < -0.3 is 14.3 Å². The van der Waals surface area contributed by atoms with Crippen LogP contribution < -0.4 is 0 Å². The lowest BCUT2D eigenvalue weighted by Gasteiger charge is -2.26. The van der Waals surface area contributed by atoms with Crippen molar-refractivity contribution in [2.24, 2.45) is 11.8 Å². The summed E-state index contributed by atoms with van der Waals surface area (Å²) < 4.78 is 11.7. The molecule has 2 bridgehead atoms. The van der Waals surface area contributed by atoms with Crippen molar-refractivity contribution in [2.45, 2.75) is 45.3 Å². The van der Waals surface area contributed by atoms with Gasteiger partial charge in [0.2, 0.25) is 0 Å². The van der Waals surface area contributed by atoms with E-state index in [0.29, 0.717) is 5.57 Å². The summed E-state index contributed by atoms with van der Waals surface area (Å²) in [5, 5.41) is 11.1. The van der Waals surface area contributed by atoms with E-state index >= 15 is 0 Å². The zero-order valence-electron chi connectivity index (χ0n) is 15.2. The summed E-state index contributed by atoms with van der Waals surface area (Å²) in [6.45, 7) is 6.06. The van der Waals surface area contributed by atoms with Crippen LogP contribution in [0.1, 0.15) is 40.4 Å². The molecule has 0 radical (unpaired) electrons. The summed E-state index contributed by atoms with van der Waals surface area (Å²) in [4.78, 5) is 13.2. The maximum absolute atomic E-state index is 13.2. The Balaban J connectivity index is 1.60. The number of hydrogen-bond donors (Lipinski definition) is 1. The first-order chi connectivity index (χ1) is 12.5. The molecule has 0 amide bonds. The quantitative estimate of drug-likeness (QED) is 0.880. The molecule has 134 valence electrons. The van der Waals surface area contributed by atoms with Crippen LogP contribution in [0.3, 0.4) is 0 Å². The normalized spacial score (nSPS) is 32.6. The fraction of sp³-hybridized carbons (Fsp3) is 0.409. The van der Waals surface area contributed by atoms with E-state index in [0.717, 1.165) is 34.4 Å². The Morgan fingerprint density at radius 1 is 1.12 bits per heavy atom. The lowest BCUT2D eigenvalue weighted by Crippen LogP contribution is -2.33. The molecule has 1 unspecified atom stereocenters. The third-order valence-electron chi connectivity index (χ3n) is 6.31. The number of aryl methyl sites for hydroxylation is 3. The maximum atomic E-state index is 13.2. The molecule has 3 aliphatic rings. The van der Waals surface area contributed by atoms with Gasteiger partial charge in [-0.1, -0.05) is 17.7 Å². The highest BCUT2D eigenvalue weighted by Gasteiger charge is 2.63. The zero-order chi connectivity index (χ0) is 18.2. The number of allylic oxidation sites excluding steroid dienone is 1. The molecule has 1 aliphatic carbocycles. The molecule has 3 heterocycles. The summed E-state index contributed by atoms with van der Waals surface area (Å²) in [6, 6.07) is 7.97. The minimum Gasteiger partial charge on any atom is -0.511 e. The summed E-state index contributed by atoms with van der Waals surface area (Å²) >= 11 is 0. The van der Waals surface area contributed by atoms with Crippen molar-refractivity contribution >= 4 is 11.4 Å². The monoisotopic (exact) mass is 350 g/mol. The first-order valence-electron chi connectivity index (χ1n) is 9.21. The Labute approximate surface area is 152 Å². The van der Waals surface area contributed by atoms with Gasteiger partial charge in [-0.3, -0.25) is 4.79 Å². The van der Waals surface area contributed by atoms with Crippen LogP contribution in [0.4, 0.5) is 0 Å². The van der Waals surface area contributed by atoms with Gasteiger partial charge in [-0.25, -0.2) is 0 Å². The molecular formula is C22H22O4. The van der Waals surface area contributed by atoms with E-state index < -0.39 is 0 Å². The summed E-state index contributed by atoms with van der Waals surface area (Å²) in [7, 11) is 0. The highest BCUT2D eigenvalue weighted by molar-refractivity contribution is 6.26. The fourth-order valence-corrected chi connectivity index (χ4v) is 5.46. The van der Waals surface area contributed by atoms with Crippen LogP contribution in [0, 0.1) is 32.6 Å². The van der Waals surface area contributed by atoms with E-state index in [1.807, 2.05) is 32.9 Å². The molecule has 2 saturated heterocycles. The summed E-state index contributed by atoms with van der Waals surface area (Å²) in [5.41, 5.74) is 4.63. The molecule has 5 atom stereocenters. The van der Waals surface area contributed by atoms with Gasteiger partial charge in [-0.15, -0.1) is 0 Å². The van der Waals surface area contributed by atoms with Crippen molar-refractivity contribution in [2.75, 3.05) is 0 Å². The fourth-order valence-electron chi connectivity index (χ4n) is 5.46. The number of ether oxygens (including phenoxy) is 1. The number of carbonyl (C=O) groups is 1. The van der Waals surface area contributed by atoms with Crippen LogP contribution in [0.25, 0.3) is 5.57 Å². The highest BCUT2D eigenvalue weighted by Crippen LogP contribution is 2.58. The van der Waals surface area contributed by atoms with Gasteiger partial charge in [0, 0.05) is 5.92 Å². The lowest BCUT2D eigenvalue weighted by molar-refractivity contribution is -0.118. The number of carbonyl (C=O) groups excluding carboxylic acids is 1.